The summed E-state index contributed by atoms with van der Waals surface area (Å²) < 4.78 is 6.89. The zero-order valence-electron chi connectivity index (χ0n) is 12.8. The standard InChI is InChI=1S/C19H27IO/c20-18-12-10-17(11-13-18)16-8-6-15(7-9-16)14-21-19-4-2-1-3-5-19/h1-5,15-18H,6-14H2. The molecule has 2 fully saturated rings. The van der Waals surface area contributed by atoms with Crippen molar-refractivity contribution in [2.75, 3.05) is 6.61 Å². The molecule has 0 atom stereocenters. The molecule has 0 spiro atoms. The third kappa shape index (κ3) is 4.61. The van der Waals surface area contributed by atoms with Crippen LogP contribution in [0, 0.1) is 17.8 Å². The van der Waals surface area contributed by atoms with E-state index >= 15 is 0 Å². The van der Waals surface area contributed by atoms with E-state index in [1.807, 2.05) is 6.07 Å². The molecule has 0 heterocycles. The van der Waals surface area contributed by atoms with Gasteiger partial charge in [-0.3, -0.25) is 0 Å². The van der Waals surface area contributed by atoms with E-state index in [-0.39, 0.29) is 0 Å². The minimum absolute atomic E-state index is 0.780. The molecule has 1 aromatic carbocycles. The molecule has 0 unspecified atom stereocenters. The maximum Gasteiger partial charge on any atom is 0.119 e. The van der Waals surface area contributed by atoms with Gasteiger partial charge in [0, 0.05) is 3.92 Å². The van der Waals surface area contributed by atoms with Crippen LogP contribution >= 0.6 is 22.6 Å². The first kappa shape index (κ1) is 15.6. The fraction of sp³-hybridized carbons (Fsp3) is 0.684. The zero-order valence-corrected chi connectivity index (χ0v) is 15.0. The highest BCUT2D eigenvalue weighted by molar-refractivity contribution is 14.1. The van der Waals surface area contributed by atoms with Crippen molar-refractivity contribution < 1.29 is 4.74 Å². The molecule has 0 aromatic heterocycles. The third-order valence-electron chi connectivity index (χ3n) is 5.49. The summed E-state index contributed by atoms with van der Waals surface area (Å²) in [6.07, 6.45) is 11.5. The maximum absolute atomic E-state index is 5.94. The van der Waals surface area contributed by atoms with Crippen LogP contribution in [0.25, 0.3) is 0 Å². The Morgan fingerprint density at radius 1 is 0.810 bits per heavy atom. The topological polar surface area (TPSA) is 9.23 Å². The molecule has 1 aromatic rings. The maximum atomic E-state index is 5.94. The van der Waals surface area contributed by atoms with E-state index in [9.17, 15) is 0 Å². The van der Waals surface area contributed by atoms with E-state index in [1.165, 1.54) is 51.4 Å². The summed E-state index contributed by atoms with van der Waals surface area (Å²) in [5.41, 5.74) is 0. The number of ether oxygens (including phenoxy) is 1. The molecule has 0 saturated heterocycles. The Balaban J connectivity index is 1.39. The van der Waals surface area contributed by atoms with Crippen molar-refractivity contribution in [3.8, 4) is 5.75 Å². The van der Waals surface area contributed by atoms with Crippen molar-refractivity contribution in [1.82, 2.24) is 0 Å². The Bertz CT molecular complexity index is 403. The molecule has 2 saturated carbocycles. The summed E-state index contributed by atoms with van der Waals surface area (Å²) in [6.45, 7) is 0.914. The highest BCUT2D eigenvalue weighted by atomic mass is 127. The summed E-state index contributed by atoms with van der Waals surface area (Å²) in [4.78, 5) is 0. The van der Waals surface area contributed by atoms with Gasteiger partial charge in [0.2, 0.25) is 0 Å². The number of para-hydroxylation sites is 1. The van der Waals surface area contributed by atoms with Crippen LogP contribution in [0.4, 0.5) is 0 Å². The van der Waals surface area contributed by atoms with E-state index in [0.29, 0.717) is 0 Å². The molecule has 0 radical (unpaired) electrons. The van der Waals surface area contributed by atoms with E-state index in [0.717, 1.165) is 34.0 Å². The van der Waals surface area contributed by atoms with E-state index in [1.54, 1.807) is 0 Å². The van der Waals surface area contributed by atoms with Gasteiger partial charge < -0.3 is 4.74 Å². The van der Waals surface area contributed by atoms with Gasteiger partial charge in [-0.15, -0.1) is 0 Å². The lowest BCUT2D eigenvalue weighted by Gasteiger charge is -2.36. The molecule has 1 nitrogen and oxygen atoms in total. The molecule has 0 aliphatic heterocycles. The highest BCUT2D eigenvalue weighted by Gasteiger charge is 2.30. The fourth-order valence-corrected chi connectivity index (χ4v) is 4.83. The van der Waals surface area contributed by atoms with Crippen LogP contribution in [0.2, 0.25) is 0 Å². The Morgan fingerprint density at radius 3 is 2.00 bits per heavy atom. The molecule has 2 aliphatic rings. The van der Waals surface area contributed by atoms with Crippen molar-refractivity contribution in [3.63, 3.8) is 0 Å². The van der Waals surface area contributed by atoms with Gasteiger partial charge in [0.25, 0.3) is 0 Å². The molecule has 0 N–H and O–H groups in total. The Labute approximate surface area is 143 Å². The van der Waals surface area contributed by atoms with Crippen LogP contribution in [-0.4, -0.2) is 10.5 Å². The predicted octanol–water partition coefficient (Wildman–Crippen LogP) is 5.87. The minimum Gasteiger partial charge on any atom is -0.493 e. The summed E-state index contributed by atoms with van der Waals surface area (Å²) in [5.74, 6) is 3.86. The minimum atomic E-state index is 0.780. The van der Waals surface area contributed by atoms with Crippen LogP contribution < -0.4 is 4.74 Å². The van der Waals surface area contributed by atoms with Crippen LogP contribution in [-0.2, 0) is 0 Å². The van der Waals surface area contributed by atoms with Gasteiger partial charge >= 0.3 is 0 Å². The number of hydrogen-bond donors (Lipinski definition) is 0. The zero-order chi connectivity index (χ0) is 14.5. The molecule has 21 heavy (non-hydrogen) atoms. The molecule has 0 bridgehead atoms. The molecule has 2 aliphatic carbocycles. The van der Waals surface area contributed by atoms with Crippen molar-refractivity contribution in [2.45, 2.75) is 55.3 Å². The average molecular weight is 398 g/mol. The number of rotatable bonds is 4. The van der Waals surface area contributed by atoms with E-state index in [4.69, 9.17) is 4.74 Å². The highest BCUT2D eigenvalue weighted by Crippen LogP contribution is 2.41. The monoisotopic (exact) mass is 398 g/mol. The first-order valence-corrected chi connectivity index (χ1v) is 9.87. The SMILES string of the molecule is IC1CCC(C2CCC(COc3ccccc3)CC2)CC1. The van der Waals surface area contributed by atoms with Gasteiger partial charge in [-0.1, -0.05) is 40.8 Å². The van der Waals surface area contributed by atoms with Crippen LogP contribution in [0.1, 0.15) is 51.4 Å². The van der Waals surface area contributed by atoms with Crippen molar-refractivity contribution in [3.05, 3.63) is 30.3 Å². The summed E-state index contributed by atoms with van der Waals surface area (Å²) >= 11 is 2.64. The van der Waals surface area contributed by atoms with Crippen molar-refractivity contribution in [1.29, 1.82) is 0 Å². The fourth-order valence-electron chi connectivity index (χ4n) is 4.11. The van der Waals surface area contributed by atoms with Gasteiger partial charge in [0.15, 0.2) is 0 Å². The summed E-state index contributed by atoms with van der Waals surface area (Å²) in [6, 6.07) is 10.3. The Morgan fingerprint density at radius 2 is 1.38 bits per heavy atom. The first-order chi connectivity index (χ1) is 10.3. The predicted molar refractivity (Wildman–Crippen MR) is 97.2 cm³/mol. The smallest absolute Gasteiger partial charge is 0.119 e. The van der Waals surface area contributed by atoms with Gasteiger partial charge in [-0.25, -0.2) is 0 Å². The van der Waals surface area contributed by atoms with Crippen molar-refractivity contribution >= 4 is 22.6 Å². The van der Waals surface area contributed by atoms with Gasteiger partial charge in [0.1, 0.15) is 5.75 Å². The van der Waals surface area contributed by atoms with Crippen molar-refractivity contribution in [2.24, 2.45) is 17.8 Å². The second kappa shape index (κ2) is 7.85. The second-order valence-corrected chi connectivity index (χ2v) is 8.68. The number of benzene rings is 1. The molecule has 0 amide bonds. The average Bonchev–Trinajstić information content (AvgIpc) is 2.55. The molecular formula is C19H27IO. The quantitative estimate of drug-likeness (QED) is 0.456. The van der Waals surface area contributed by atoms with E-state index < -0.39 is 0 Å². The summed E-state index contributed by atoms with van der Waals surface area (Å²) in [5, 5.41) is 0. The lowest BCUT2D eigenvalue weighted by Crippen LogP contribution is -2.27. The second-order valence-electron chi connectivity index (χ2n) is 6.92. The largest absolute Gasteiger partial charge is 0.493 e. The molecule has 3 rings (SSSR count). The lowest BCUT2D eigenvalue weighted by atomic mass is 9.71. The van der Waals surface area contributed by atoms with Crippen LogP contribution in [0.3, 0.4) is 0 Å². The number of alkyl halides is 1. The first-order valence-electron chi connectivity index (χ1n) is 8.63. The summed E-state index contributed by atoms with van der Waals surface area (Å²) in [7, 11) is 0. The normalized spacial score (nSPS) is 33.6. The van der Waals surface area contributed by atoms with E-state index in [2.05, 4.69) is 46.9 Å². The molecule has 2 heteroatoms. The van der Waals surface area contributed by atoms with Gasteiger partial charge in [0.05, 0.1) is 6.61 Å². The third-order valence-corrected chi connectivity index (χ3v) is 6.73. The Hall–Kier alpha value is -0.250. The van der Waals surface area contributed by atoms with Gasteiger partial charge in [-0.2, -0.15) is 0 Å². The number of hydrogen-bond acceptors (Lipinski definition) is 1. The van der Waals surface area contributed by atoms with Crippen LogP contribution in [0.5, 0.6) is 5.75 Å². The lowest BCUT2D eigenvalue weighted by molar-refractivity contribution is 0.137. The Kier molecular flexibility index (Phi) is 5.84. The van der Waals surface area contributed by atoms with Crippen LogP contribution in [0.15, 0.2) is 30.3 Å². The van der Waals surface area contributed by atoms with Gasteiger partial charge in [-0.05, 0) is 81.3 Å². The molecule has 116 valence electrons. The number of halogens is 1. The molecular weight excluding hydrogens is 371 g/mol.